The van der Waals surface area contributed by atoms with E-state index in [0.29, 0.717) is 36.9 Å². The summed E-state index contributed by atoms with van der Waals surface area (Å²) in [5.41, 5.74) is 4.31. The number of nitriles is 1. The number of thioether (sulfide) groups is 1. The lowest BCUT2D eigenvalue weighted by atomic mass is 10.1. The zero-order chi connectivity index (χ0) is 19.4. The van der Waals surface area contributed by atoms with Crippen LogP contribution in [-0.4, -0.2) is 42.1 Å². The molecule has 1 aromatic heterocycles. The SMILES string of the molecule is Cc1nc(S[C@H](C(=O)N2CCOCC2)c2ccccc2)c(C#N)c(C)c1C. The largest absolute Gasteiger partial charge is 0.378 e. The van der Waals surface area contributed by atoms with Gasteiger partial charge < -0.3 is 9.64 Å². The van der Waals surface area contributed by atoms with Gasteiger partial charge in [-0.1, -0.05) is 42.1 Å². The number of nitrogens with zero attached hydrogens (tertiary/aromatic N) is 3. The molecule has 1 aliphatic heterocycles. The molecule has 0 spiro atoms. The van der Waals surface area contributed by atoms with E-state index in [9.17, 15) is 10.1 Å². The number of aryl methyl sites for hydroxylation is 1. The number of amides is 1. The monoisotopic (exact) mass is 381 g/mol. The normalized spacial score (nSPS) is 15.3. The van der Waals surface area contributed by atoms with Crippen molar-refractivity contribution in [3.63, 3.8) is 0 Å². The van der Waals surface area contributed by atoms with E-state index in [-0.39, 0.29) is 5.91 Å². The Balaban J connectivity index is 2.00. The van der Waals surface area contributed by atoms with Gasteiger partial charge in [0, 0.05) is 18.8 Å². The predicted molar refractivity (Wildman–Crippen MR) is 106 cm³/mol. The highest BCUT2D eigenvalue weighted by Crippen LogP contribution is 2.39. The lowest BCUT2D eigenvalue weighted by Crippen LogP contribution is -2.42. The van der Waals surface area contributed by atoms with E-state index < -0.39 is 5.25 Å². The van der Waals surface area contributed by atoms with Crippen LogP contribution in [0.15, 0.2) is 35.4 Å². The molecule has 1 aromatic carbocycles. The maximum Gasteiger partial charge on any atom is 0.240 e. The fourth-order valence-electron chi connectivity index (χ4n) is 3.08. The van der Waals surface area contributed by atoms with Gasteiger partial charge in [0.15, 0.2) is 0 Å². The van der Waals surface area contributed by atoms with Crippen LogP contribution in [0.25, 0.3) is 0 Å². The molecule has 5 nitrogen and oxygen atoms in total. The highest BCUT2D eigenvalue weighted by atomic mass is 32.2. The van der Waals surface area contributed by atoms with Gasteiger partial charge in [0.2, 0.25) is 5.91 Å². The Kier molecular flexibility index (Phi) is 6.15. The molecule has 0 radical (unpaired) electrons. The Bertz CT molecular complexity index is 871. The number of hydrogen-bond donors (Lipinski definition) is 0. The standard InChI is InChI=1S/C21H23N3O2S/c1-14-15(2)18(13-22)20(23-16(14)3)27-19(17-7-5-4-6-8-17)21(25)24-9-11-26-12-10-24/h4-8,19H,9-12H2,1-3H3/t19-/m0/s1. The molecule has 2 aromatic rings. The topological polar surface area (TPSA) is 66.2 Å². The first kappa shape index (κ1) is 19.4. The number of pyridine rings is 1. The van der Waals surface area contributed by atoms with Crippen molar-refractivity contribution in [3.8, 4) is 6.07 Å². The molecule has 1 amide bonds. The van der Waals surface area contributed by atoms with E-state index in [2.05, 4.69) is 11.1 Å². The van der Waals surface area contributed by atoms with Crippen LogP contribution < -0.4 is 0 Å². The highest BCUT2D eigenvalue weighted by molar-refractivity contribution is 8.00. The summed E-state index contributed by atoms with van der Waals surface area (Å²) in [7, 11) is 0. The molecule has 3 rings (SSSR count). The summed E-state index contributed by atoms with van der Waals surface area (Å²) in [6, 6.07) is 12.0. The minimum atomic E-state index is -0.439. The van der Waals surface area contributed by atoms with Gasteiger partial charge in [-0.2, -0.15) is 5.26 Å². The van der Waals surface area contributed by atoms with Crippen molar-refractivity contribution < 1.29 is 9.53 Å². The molecule has 1 atom stereocenters. The molecule has 140 valence electrons. The molecule has 1 aliphatic rings. The summed E-state index contributed by atoms with van der Waals surface area (Å²) in [6.45, 7) is 8.15. The third kappa shape index (κ3) is 4.15. The summed E-state index contributed by atoms with van der Waals surface area (Å²) >= 11 is 1.37. The Morgan fingerprint density at radius 3 is 2.48 bits per heavy atom. The molecule has 0 saturated carbocycles. The van der Waals surface area contributed by atoms with Crippen molar-refractivity contribution >= 4 is 17.7 Å². The summed E-state index contributed by atoms with van der Waals surface area (Å²) < 4.78 is 5.38. The maximum atomic E-state index is 13.3. The number of morpholine rings is 1. The molecule has 0 unspecified atom stereocenters. The van der Waals surface area contributed by atoms with Crippen LogP contribution in [0, 0.1) is 32.1 Å². The van der Waals surface area contributed by atoms with Gasteiger partial charge in [-0.25, -0.2) is 4.98 Å². The van der Waals surface area contributed by atoms with Gasteiger partial charge in [-0.3, -0.25) is 4.79 Å². The van der Waals surface area contributed by atoms with Crippen LogP contribution >= 0.6 is 11.8 Å². The summed E-state index contributed by atoms with van der Waals surface area (Å²) in [6.07, 6.45) is 0. The maximum absolute atomic E-state index is 13.3. The van der Waals surface area contributed by atoms with Crippen LogP contribution in [-0.2, 0) is 9.53 Å². The minimum Gasteiger partial charge on any atom is -0.378 e. The average Bonchev–Trinajstić information content (AvgIpc) is 2.71. The van der Waals surface area contributed by atoms with Crippen molar-refractivity contribution in [2.45, 2.75) is 31.0 Å². The van der Waals surface area contributed by atoms with Crippen LogP contribution in [0.5, 0.6) is 0 Å². The summed E-state index contributed by atoms with van der Waals surface area (Å²) in [4.78, 5) is 19.8. The van der Waals surface area contributed by atoms with Crippen LogP contribution in [0.1, 0.15) is 33.2 Å². The first-order chi connectivity index (χ1) is 13.0. The van der Waals surface area contributed by atoms with E-state index >= 15 is 0 Å². The van der Waals surface area contributed by atoms with E-state index in [1.807, 2.05) is 56.0 Å². The van der Waals surface area contributed by atoms with Gasteiger partial charge >= 0.3 is 0 Å². The Hall–Kier alpha value is -2.36. The quantitative estimate of drug-likeness (QED) is 0.758. The Morgan fingerprint density at radius 1 is 1.19 bits per heavy atom. The molecule has 0 N–H and O–H groups in total. The van der Waals surface area contributed by atoms with Crippen molar-refractivity contribution in [2.75, 3.05) is 26.3 Å². The second kappa shape index (κ2) is 8.55. The number of carbonyl (C=O) groups excluding carboxylic acids is 1. The van der Waals surface area contributed by atoms with Crippen LogP contribution in [0.4, 0.5) is 0 Å². The number of benzene rings is 1. The van der Waals surface area contributed by atoms with Crippen molar-refractivity contribution in [2.24, 2.45) is 0 Å². The van der Waals surface area contributed by atoms with Gasteiger partial charge in [0.25, 0.3) is 0 Å². The zero-order valence-electron chi connectivity index (χ0n) is 15.9. The zero-order valence-corrected chi connectivity index (χ0v) is 16.7. The van der Waals surface area contributed by atoms with Gasteiger partial charge in [0.1, 0.15) is 16.3 Å². The second-order valence-electron chi connectivity index (χ2n) is 6.59. The molecule has 0 aliphatic carbocycles. The van der Waals surface area contributed by atoms with E-state index in [1.54, 1.807) is 0 Å². The average molecular weight is 382 g/mol. The van der Waals surface area contributed by atoms with E-state index in [1.165, 1.54) is 11.8 Å². The second-order valence-corrected chi connectivity index (χ2v) is 7.68. The third-order valence-corrected chi connectivity index (χ3v) is 6.18. The van der Waals surface area contributed by atoms with Crippen molar-refractivity contribution in [1.29, 1.82) is 5.26 Å². The third-order valence-electron chi connectivity index (χ3n) is 4.95. The van der Waals surface area contributed by atoms with Crippen LogP contribution in [0.2, 0.25) is 0 Å². The van der Waals surface area contributed by atoms with Gasteiger partial charge in [-0.05, 0) is 37.5 Å². The first-order valence-electron chi connectivity index (χ1n) is 8.99. The molecular formula is C21H23N3O2S. The number of carbonyl (C=O) groups is 1. The smallest absolute Gasteiger partial charge is 0.240 e. The molecule has 2 heterocycles. The number of hydrogen-bond acceptors (Lipinski definition) is 5. The van der Waals surface area contributed by atoms with Crippen molar-refractivity contribution in [3.05, 3.63) is 58.3 Å². The minimum absolute atomic E-state index is 0.0380. The van der Waals surface area contributed by atoms with Gasteiger partial charge in [0.05, 0.1) is 18.8 Å². The Morgan fingerprint density at radius 2 is 1.85 bits per heavy atom. The number of aromatic nitrogens is 1. The van der Waals surface area contributed by atoms with Gasteiger partial charge in [-0.15, -0.1) is 0 Å². The fourth-order valence-corrected chi connectivity index (χ4v) is 4.35. The lowest BCUT2D eigenvalue weighted by Gasteiger charge is -2.30. The number of rotatable bonds is 4. The first-order valence-corrected chi connectivity index (χ1v) is 9.87. The summed E-state index contributed by atoms with van der Waals surface area (Å²) in [5.74, 6) is 0.0380. The molecular weight excluding hydrogens is 358 g/mol. The van der Waals surface area contributed by atoms with Crippen molar-refractivity contribution in [1.82, 2.24) is 9.88 Å². The summed E-state index contributed by atoms with van der Waals surface area (Å²) in [5, 5.41) is 9.85. The predicted octanol–water partition coefficient (Wildman–Crippen LogP) is 3.57. The van der Waals surface area contributed by atoms with E-state index in [0.717, 1.165) is 22.4 Å². The highest BCUT2D eigenvalue weighted by Gasteiger charge is 2.30. The molecule has 1 fully saturated rings. The molecule has 1 saturated heterocycles. The van der Waals surface area contributed by atoms with Crippen LogP contribution in [0.3, 0.4) is 0 Å². The fraction of sp³-hybridized carbons (Fsp3) is 0.381. The number of ether oxygens (including phenoxy) is 1. The molecule has 27 heavy (non-hydrogen) atoms. The molecule has 6 heteroatoms. The lowest BCUT2D eigenvalue weighted by molar-refractivity contribution is -0.134. The van der Waals surface area contributed by atoms with E-state index in [4.69, 9.17) is 4.74 Å². The Labute approximate surface area is 164 Å². The molecule has 0 bridgehead atoms.